The second-order valence-corrected chi connectivity index (χ2v) is 26.4. The summed E-state index contributed by atoms with van der Waals surface area (Å²) in [5, 5.41) is 10.8. The summed E-state index contributed by atoms with van der Waals surface area (Å²) >= 11 is 0. The van der Waals surface area contributed by atoms with Gasteiger partial charge in [0, 0.05) is 21.9 Å². The van der Waals surface area contributed by atoms with Crippen LogP contribution in [0.3, 0.4) is 0 Å². The highest BCUT2D eigenvalue weighted by atomic mass is 28.3. The van der Waals surface area contributed by atoms with E-state index in [1.807, 2.05) is 0 Å². The molecule has 13 rings (SSSR count). The monoisotopic (exact) mass is 952 g/mol. The zero-order valence-electron chi connectivity index (χ0n) is 40.5. The maximum Gasteiger partial charge on any atom is 0.180 e. The smallest absolute Gasteiger partial charge is 0.180 e. The molecule has 3 heterocycles. The van der Waals surface area contributed by atoms with Crippen LogP contribution in [0.2, 0.25) is 5.54 Å². The molecule has 0 N–H and O–H groups in total. The zero-order valence-corrected chi connectivity index (χ0v) is 42.6. The van der Waals surface area contributed by atoms with Crippen LogP contribution in [0.4, 0.5) is 0 Å². The van der Waals surface area contributed by atoms with Gasteiger partial charge in [-0.2, -0.15) is 0 Å². The van der Waals surface area contributed by atoms with Gasteiger partial charge in [0.1, 0.15) is 8.80 Å². The average molecular weight is 953 g/mol. The lowest BCUT2D eigenvalue weighted by Crippen LogP contribution is -2.72. The highest BCUT2D eigenvalue weighted by Crippen LogP contribution is 2.36. The predicted octanol–water partition coefficient (Wildman–Crippen LogP) is 12.6. The van der Waals surface area contributed by atoms with Crippen molar-refractivity contribution in [3.63, 3.8) is 0 Å². The standard InChI is InChI=1S/C68H52N2Si2/c1-46-18-12-14-26-57(46)59-44-52(38-42-64(59)71(54-20-6-3-7-21-54)63-28-16-13-19-47(63)2)48-30-32-49(33-31-48)61-40-36-50-34-35-51-37-41-62(70-68(51)67(50)69-61)53-39-43-66-60(45-53)58-27-15-17-29-65(58)72(66,55-22-8-4-9-23-55)56-24-10-5-11-25-56/h3-45,47,63,71H,1-2H3. The molecule has 3 atom stereocenters. The van der Waals surface area contributed by atoms with Crippen LogP contribution in [-0.4, -0.2) is 26.8 Å². The normalized spacial score (nSPS) is 15.9. The third kappa shape index (κ3) is 7.37. The minimum absolute atomic E-state index is 0.468. The van der Waals surface area contributed by atoms with Crippen molar-refractivity contribution in [3.05, 3.63) is 266 Å². The summed E-state index contributed by atoms with van der Waals surface area (Å²) in [5.74, 6) is 0.468. The van der Waals surface area contributed by atoms with Crippen molar-refractivity contribution in [1.29, 1.82) is 0 Å². The molecule has 9 aromatic carbocycles. The van der Waals surface area contributed by atoms with Gasteiger partial charge in [-0.25, -0.2) is 9.97 Å². The van der Waals surface area contributed by atoms with Crippen LogP contribution in [0.5, 0.6) is 0 Å². The number of aryl methyl sites for hydroxylation is 1. The Labute approximate surface area is 425 Å². The van der Waals surface area contributed by atoms with Gasteiger partial charge in [0.25, 0.3) is 0 Å². The number of nitrogens with zero attached hydrogens (tertiary/aromatic N) is 2. The Morgan fingerprint density at radius 1 is 0.403 bits per heavy atom. The van der Waals surface area contributed by atoms with E-state index in [0.29, 0.717) is 11.5 Å². The SMILES string of the molecule is Cc1ccccc1-c1cc(-c2ccc(-c3ccc4ccc5ccc(-c6ccc7c(c6)-c6ccccc6[Si]7(c6ccccc6)c6ccccc6)nc5c4n3)cc2)ccc1[SiH](c1ccccc1)C1C=CC=CC1C. The van der Waals surface area contributed by atoms with Crippen molar-refractivity contribution < 1.29 is 0 Å². The number of pyridine rings is 2. The molecule has 11 aromatic rings. The molecule has 1 aliphatic carbocycles. The van der Waals surface area contributed by atoms with E-state index < -0.39 is 16.9 Å². The maximum absolute atomic E-state index is 5.45. The quantitative estimate of drug-likeness (QED) is 0.106. The summed E-state index contributed by atoms with van der Waals surface area (Å²) in [7, 11) is -4.31. The molecule has 342 valence electrons. The molecular weight excluding hydrogens is 901 g/mol. The van der Waals surface area contributed by atoms with Gasteiger partial charge >= 0.3 is 0 Å². The minimum Gasteiger partial charge on any atom is -0.245 e. The summed E-state index contributed by atoms with van der Waals surface area (Å²) in [6.07, 6.45) is 9.33. The first-order valence-electron chi connectivity index (χ1n) is 25.3. The van der Waals surface area contributed by atoms with Gasteiger partial charge < -0.3 is 0 Å². The molecule has 0 saturated heterocycles. The fraction of sp³-hybridized carbons (Fsp3) is 0.0588. The van der Waals surface area contributed by atoms with E-state index in [9.17, 15) is 0 Å². The lowest BCUT2D eigenvalue weighted by Gasteiger charge is -2.31. The molecule has 0 saturated carbocycles. The number of hydrogen-bond donors (Lipinski definition) is 0. The number of benzene rings is 9. The van der Waals surface area contributed by atoms with Crippen molar-refractivity contribution in [2.75, 3.05) is 0 Å². The topological polar surface area (TPSA) is 25.8 Å². The summed E-state index contributed by atoms with van der Waals surface area (Å²) in [6, 6.07) is 88.0. The van der Waals surface area contributed by atoms with Crippen molar-refractivity contribution in [2.24, 2.45) is 5.92 Å². The third-order valence-electron chi connectivity index (χ3n) is 15.6. The van der Waals surface area contributed by atoms with Gasteiger partial charge in [0.2, 0.25) is 0 Å². The largest absolute Gasteiger partial charge is 0.245 e. The van der Waals surface area contributed by atoms with E-state index in [1.165, 1.54) is 70.1 Å². The van der Waals surface area contributed by atoms with Crippen LogP contribution in [0.15, 0.2) is 261 Å². The molecule has 2 nitrogen and oxygen atoms in total. The van der Waals surface area contributed by atoms with Crippen LogP contribution in [0, 0.1) is 12.8 Å². The molecule has 3 unspecified atom stereocenters. The van der Waals surface area contributed by atoms with Gasteiger partial charge in [-0.1, -0.05) is 249 Å². The lowest BCUT2D eigenvalue weighted by molar-refractivity contribution is 0.726. The predicted molar refractivity (Wildman–Crippen MR) is 310 cm³/mol. The average Bonchev–Trinajstić information content (AvgIpc) is 3.75. The van der Waals surface area contributed by atoms with Crippen LogP contribution < -0.4 is 31.1 Å². The Bertz CT molecular complexity index is 3860. The van der Waals surface area contributed by atoms with Crippen molar-refractivity contribution in [2.45, 2.75) is 19.4 Å². The zero-order chi connectivity index (χ0) is 48.2. The molecule has 0 fully saturated rings. The van der Waals surface area contributed by atoms with Gasteiger partial charge in [-0.3, -0.25) is 0 Å². The summed E-state index contributed by atoms with van der Waals surface area (Å²) in [5.41, 5.74) is 15.3. The third-order valence-corrected chi connectivity index (χ3v) is 24.4. The second-order valence-electron chi connectivity index (χ2n) is 19.7. The van der Waals surface area contributed by atoms with Crippen LogP contribution in [0.1, 0.15) is 12.5 Å². The van der Waals surface area contributed by atoms with Crippen LogP contribution in [0.25, 0.3) is 77.7 Å². The summed E-state index contributed by atoms with van der Waals surface area (Å²) in [6.45, 7) is 4.63. The van der Waals surface area contributed by atoms with E-state index in [0.717, 1.165) is 44.3 Å². The van der Waals surface area contributed by atoms with Crippen molar-refractivity contribution >= 4 is 69.8 Å². The Morgan fingerprint density at radius 3 is 1.58 bits per heavy atom. The number of aromatic nitrogens is 2. The minimum atomic E-state index is -2.57. The first kappa shape index (κ1) is 43.7. The van der Waals surface area contributed by atoms with Crippen molar-refractivity contribution in [3.8, 4) is 55.9 Å². The summed E-state index contributed by atoms with van der Waals surface area (Å²) < 4.78 is 0. The second kappa shape index (κ2) is 18.2. The fourth-order valence-corrected chi connectivity index (χ4v) is 21.0. The number of fused-ring (bicyclic) bond motifs is 6. The fourth-order valence-electron chi connectivity index (χ4n) is 12.1. The number of allylic oxidation sites excluding steroid dienone is 4. The molecule has 0 radical (unpaired) electrons. The Hall–Kier alpha value is -8.29. The van der Waals surface area contributed by atoms with Gasteiger partial charge in [0.05, 0.1) is 22.4 Å². The highest BCUT2D eigenvalue weighted by Gasteiger charge is 2.48. The molecule has 4 heteroatoms. The van der Waals surface area contributed by atoms with E-state index in [-0.39, 0.29) is 0 Å². The molecule has 2 aliphatic rings. The molecule has 1 aliphatic heterocycles. The number of rotatable bonds is 9. The first-order chi connectivity index (χ1) is 35.5. The van der Waals surface area contributed by atoms with E-state index in [2.05, 4.69) is 275 Å². The molecular formula is C68H52N2Si2. The lowest BCUT2D eigenvalue weighted by atomic mass is 9.95. The molecule has 2 aromatic heterocycles. The Morgan fingerprint density at radius 2 is 0.917 bits per heavy atom. The van der Waals surface area contributed by atoms with Gasteiger partial charge in [-0.15, -0.1) is 0 Å². The van der Waals surface area contributed by atoms with Crippen LogP contribution >= 0.6 is 0 Å². The van der Waals surface area contributed by atoms with E-state index in [4.69, 9.17) is 9.97 Å². The first-order valence-corrected chi connectivity index (χ1v) is 29.1. The molecule has 0 spiro atoms. The van der Waals surface area contributed by atoms with Crippen molar-refractivity contribution in [1.82, 2.24) is 9.97 Å². The Balaban J connectivity index is 0.869. The highest BCUT2D eigenvalue weighted by molar-refractivity contribution is 7.22. The number of hydrogen-bond acceptors (Lipinski definition) is 2. The van der Waals surface area contributed by atoms with Crippen LogP contribution in [-0.2, 0) is 0 Å². The summed E-state index contributed by atoms with van der Waals surface area (Å²) in [4.78, 5) is 10.8. The van der Waals surface area contributed by atoms with Gasteiger partial charge in [0.15, 0.2) is 8.07 Å². The molecule has 0 bridgehead atoms. The molecule has 0 amide bonds. The maximum atomic E-state index is 5.45. The molecule has 72 heavy (non-hydrogen) atoms. The Kier molecular flexibility index (Phi) is 11.0. The van der Waals surface area contributed by atoms with E-state index >= 15 is 0 Å². The van der Waals surface area contributed by atoms with Gasteiger partial charge in [-0.05, 0) is 108 Å². The van der Waals surface area contributed by atoms with E-state index in [1.54, 1.807) is 0 Å².